The number of aromatic nitrogens is 2. The molecule has 1 saturated carbocycles. The Labute approximate surface area is 130 Å². The van der Waals surface area contributed by atoms with Crippen LogP contribution in [-0.2, 0) is 0 Å². The van der Waals surface area contributed by atoms with Crippen molar-refractivity contribution in [2.24, 2.45) is 0 Å². The number of hydrogen-bond acceptors (Lipinski definition) is 5. The van der Waals surface area contributed by atoms with Crippen molar-refractivity contribution < 1.29 is 0 Å². The molecule has 2 aromatic heterocycles. The lowest BCUT2D eigenvalue weighted by Gasteiger charge is -2.16. The van der Waals surface area contributed by atoms with Gasteiger partial charge in [0.2, 0.25) is 0 Å². The molecule has 3 rings (SSSR count). The second-order valence-corrected chi connectivity index (χ2v) is 6.77. The molecule has 0 unspecified atom stereocenters. The fourth-order valence-electron chi connectivity index (χ4n) is 3.04. The van der Waals surface area contributed by atoms with Crippen molar-refractivity contribution in [3.05, 3.63) is 17.3 Å². The molecule has 0 radical (unpaired) electrons. The van der Waals surface area contributed by atoms with Crippen molar-refractivity contribution in [3.63, 3.8) is 0 Å². The SMILES string of the molecule is Cc1csc2c(NCCNC3CCCCCC3)ncnc12. The highest BCUT2D eigenvalue weighted by Gasteiger charge is 2.11. The van der Waals surface area contributed by atoms with Gasteiger partial charge in [0.1, 0.15) is 12.1 Å². The Hall–Kier alpha value is -1.20. The van der Waals surface area contributed by atoms with E-state index in [4.69, 9.17) is 0 Å². The van der Waals surface area contributed by atoms with E-state index in [9.17, 15) is 0 Å². The van der Waals surface area contributed by atoms with Crippen LogP contribution in [0.2, 0.25) is 0 Å². The zero-order chi connectivity index (χ0) is 14.5. The minimum Gasteiger partial charge on any atom is -0.368 e. The monoisotopic (exact) mass is 304 g/mol. The molecule has 114 valence electrons. The summed E-state index contributed by atoms with van der Waals surface area (Å²) >= 11 is 1.72. The van der Waals surface area contributed by atoms with E-state index in [-0.39, 0.29) is 0 Å². The number of fused-ring (bicyclic) bond motifs is 1. The maximum Gasteiger partial charge on any atom is 0.147 e. The predicted molar refractivity (Wildman–Crippen MR) is 90.1 cm³/mol. The number of anilines is 1. The van der Waals surface area contributed by atoms with E-state index in [1.54, 1.807) is 17.7 Å². The van der Waals surface area contributed by atoms with Gasteiger partial charge in [-0.1, -0.05) is 25.7 Å². The van der Waals surface area contributed by atoms with Crippen molar-refractivity contribution in [1.29, 1.82) is 0 Å². The van der Waals surface area contributed by atoms with Crippen LogP contribution in [0.1, 0.15) is 44.1 Å². The fourth-order valence-corrected chi connectivity index (χ4v) is 4.00. The highest BCUT2D eigenvalue weighted by molar-refractivity contribution is 7.18. The van der Waals surface area contributed by atoms with Gasteiger partial charge in [-0.2, -0.15) is 0 Å². The number of rotatable bonds is 5. The van der Waals surface area contributed by atoms with Gasteiger partial charge in [0.15, 0.2) is 0 Å². The normalized spacial score (nSPS) is 17.0. The van der Waals surface area contributed by atoms with Gasteiger partial charge in [-0.3, -0.25) is 0 Å². The summed E-state index contributed by atoms with van der Waals surface area (Å²) < 4.78 is 1.17. The summed E-state index contributed by atoms with van der Waals surface area (Å²) in [6.07, 6.45) is 9.91. The second-order valence-electron chi connectivity index (χ2n) is 5.89. The molecule has 0 aliphatic heterocycles. The Balaban J connectivity index is 1.50. The molecule has 2 heterocycles. The van der Waals surface area contributed by atoms with Crippen LogP contribution in [0.5, 0.6) is 0 Å². The topological polar surface area (TPSA) is 49.8 Å². The molecule has 21 heavy (non-hydrogen) atoms. The molecule has 1 fully saturated rings. The zero-order valence-electron chi connectivity index (χ0n) is 12.7. The van der Waals surface area contributed by atoms with Crippen molar-refractivity contribution in [2.45, 2.75) is 51.5 Å². The first-order valence-corrected chi connectivity index (χ1v) is 8.88. The zero-order valence-corrected chi connectivity index (χ0v) is 13.5. The van der Waals surface area contributed by atoms with Gasteiger partial charge in [-0.15, -0.1) is 11.3 Å². The summed E-state index contributed by atoms with van der Waals surface area (Å²) in [4.78, 5) is 8.74. The van der Waals surface area contributed by atoms with E-state index >= 15 is 0 Å². The summed E-state index contributed by atoms with van der Waals surface area (Å²) in [5.41, 5.74) is 2.31. The van der Waals surface area contributed by atoms with Crippen LogP contribution in [0.3, 0.4) is 0 Å². The maximum absolute atomic E-state index is 4.38. The summed E-state index contributed by atoms with van der Waals surface area (Å²) in [7, 11) is 0. The lowest BCUT2D eigenvalue weighted by atomic mass is 10.1. The number of aryl methyl sites for hydroxylation is 1. The first-order chi connectivity index (χ1) is 10.3. The lowest BCUT2D eigenvalue weighted by Crippen LogP contribution is -2.32. The molecule has 4 nitrogen and oxygen atoms in total. The minimum atomic E-state index is 0.712. The molecule has 1 aliphatic carbocycles. The Morgan fingerprint density at radius 3 is 2.76 bits per heavy atom. The molecule has 0 aromatic carbocycles. The standard InChI is InChI=1S/C16H24N4S/c1-12-10-21-15-14(12)19-11-20-16(15)18-9-8-17-13-6-4-2-3-5-7-13/h10-11,13,17H,2-9H2,1H3,(H,18,19,20). The molecule has 0 bridgehead atoms. The van der Waals surface area contributed by atoms with E-state index in [1.165, 1.54) is 48.8 Å². The number of thiophene rings is 1. The smallest absolute Gasteiger partial charge is 0.147 e. The molecule has 5 heteroatoms. The quantitative estimate of drug-likeness (QED) is 0.653. The Kier molecular flexibility index (Phi) is 5.04. The van der Waals surface area contributed by atoms with Gasteiger partial charge < -0.3 is 10.6 Å². The molecule has 2 aromatic rings. The third kappa shape index (κ3) is 3.71. The van der Waals surface area contributed by atoms with Crippen LogP contribution < -0.4 is 10.6 Å². The highest BCUT2D eigenvalue weighted by Crippen LogP contribution is 2.28. The number of nitrogens with one attached hydrogen (secondary N) is 2. The third-order valence-electron chi connectivity index (χ3n) is 4.24. The summed E-state index contributed by atoms with van der Waals surface area (Å²) in [6.45, 7) is 4.02. The first-order valence-electron chi connectivity index (χ1n) is 8.00. The fraction of sp³-hybridized carbons (Fsp3) is 0.625. The highest BCUT2D eigenvalue weighted by atomic mass is 32.1. The number of hydrogen-bond donors (Lipinski definition) is 2. The molecule has 2 N–H and O–H groups in total. The van der Waals surface area contributed by atoms with Crippen LogP contribution in [0.25, 0.3) is 10.2 Å². The van der Waals surface area contributed by atoms with Crippen molar-refractivity contribution in [1.82, 2.24) is 15.3 Å². The van der Waals surface area contributed by atoms with Gasteiger partial charge in [0.25, 0.3) is 0 Å². The van der Waals surface area contributed by atoms with Gasteiger partial charge in [0, 0.05) is 19.1 Å². The average Bonchev–Trinajstić information content (AvgIpc) is 2.73. The maximum atomic E-state index is 4.38. The Bertz CT molecular complexity index is 573. The van der Waals surface area contributed by atoms with Crippen LogP contribution in [-0.4, -0.2) is 29.1 Å². The molecule has 0 saturated heterocycles. The van der Waals surface area contributed by atoms with Gasteiger partial charge in [-0.25, -0.2) is 9.97 Å². The summed E-state index contributed by atoms with van der Waals surface area (Å²) in [6, 6.07) is 0.712. The van der Waals surface area contributed by atoms with E-state index in [0.29, 0.717) is 6.04 Å². The molecular weight excluding hydrogens is 280 g/mol. The molecular formula is C16H24N4S. The van der Waals surface area contributed by atoms with E-state index in [2.05, 4.69) is 32.9 Å². The summed E-state index contributed by atoms with van der Waals surface area (Å²) in [5, 5.41) is 9.28. The Morgan fingerprint density at radius 1 is 1.14 bits per heavy atom. The van der Waals surface area contributed by atoms with Crippen LogP contribution in [0.15, 0.2) is 11.7 Å². The molecule has 0 spiro atoms. The Morgan fingerprint density at radius 2 is 1.95 bits per heavy atom. The molecule has 0 atom stereocenters. The third-order valence-corrected chi connectivity index (χ3v) is 5.33. The first kappa shape index (κ1) is 14.7. The summed E-state index contributed by atoms with van der Waals surface area (Å²) in [5.74, 6) is 0.973. The van der Waals surface area contributed by atoms with Crippen molar-refractivity contribution >= 4 is 27.4 Å². The van der Waals surface area contributed by atoms with Crippen LogP contribution in [0, 0.1) is 6.92 Å². The average molecular weight is 304 g/mol. The van der Waals surface area contributed by atoms with Crippen LogP contribution >= 0.6 is 11.3 Å². The lowest BCUT2D eigenvalue weighted by molar-refractivity contribution is 0.468. The van der Waals surface area contributed by atoms with E-state index < -0.39 is 0 Å². The van der Waals surface area contributed by atoms with Crippen LogP contribution in [0.4, 0.5) is 5.82 Å². The number of nitrogens with zero attached hydrogens (tertiary/aromatic N) is 2. The van der Waals surface area contributed by atoms with Gasteiger partial charge in [-0.05, 0) is 30.7 Å². The largest absolute Gasteiger partial charge is 0.368 e. The van der Waals surface area contributed by atoms with E-state index in [0.717, 1.165) is 24.4 Å². The predicted octanol–water partition coefficient (Wildman–Crippen LogP) is 3.72. The van der Waals surface area contributed by atoms with Gasteiger partial charge in [0.05, 0.1) is 10.2 Å². The molecule has 0 amide bonds. The van der Waals surface area contributed by atoms with Gasteiger partial charge >= 0.3 is 0 Å². The van der Waals surface area contributed by atoms with Crippen molar-refractivity contribution in [3.8, 4) is 0 Å². The minimum absolute atomic E-state index is 0.712. The second kappa shape index (κ2) is 7.18. The van der Waals surface area contributed by atoms with Crippen molar-refractivity contribution in [2.75, 3.05) is 18.4 Å². The van der Waals surface area contributed by atoms with E-state index in [1.807, 2.05) is 0 Å². The molecule has 1 aliphatic rings.